The van der Waals surface area contributed by atoms with Gasteiger partial charge in [-0.1, -0.05) is 32.9 Å². The van der Waals surface area contributed by atoms with Gasteiger partial charge in [0, 0.05) is 0 Å². The Bertz CT molecular complexity index is 155. The minimum Gasteiger partial charge on any atom is -0.393 e. The standard InChI is InChI=1S/C9H16O2/c1-9(2,3)8-5-4-7(6-10)11-8/h4-5,7-8,10H,6H2,1-3H3/t7-,8+/m0/s1. The van der Waals surface area contributed by atoms with Crippen molar-refractivity contribution in [3.63, 3.8) is 0 Å². The molecule has 2 heteroatoms. The maximum absolute atomic E-state index is 8.77. The molecule has 1 aliphatic rings. The van der Waals surface area contributed by atoms with Crippen LogP contribution in [-0.2, 0) is 4.74 Å². The summed E-state index contributed by atoms with van der Waals surface area (Å²) in [4.78, 5) is 0. The maximum atomic E-state index is 8.77. The molecular weight excluding hydrogens is 140 g/mol. The lowest BCUT2D eigenvalue weighted by molar-refractivity contribution is -0.0217. The molecule has 0 amide bonds. The number of aliphatic hydroxyl groups is 1. The Morgan fingerprint density at radius 3 is 2.27 bits per heavy atom. The fraction of sp³-hybridized carbons (Fsp3) is 0.778. The van der Waals surface area contributed by atoms with Crippen LogP contribution in [0.3, 0.4) is 0 Å². The van der Waals surface area contributed by atoms with Crippen molar-refractivity contribution in [2.45, 2.75) is 33.0 Å². The van der Waals surface area contributed by atoms with E-state index in [1.54, 1.807) is 0 Å². The first-order valence-corrected chi connectivity index (χ1v) is 3.98. The fourth-order valence-corrected chi connectivity index (χ4v) is 1.10. The van der Waals surface area contributed by atoms with Gasteiger partial charge in [0.15, 0.2) is 0 Å². The van der Waals surface area contributed by atoms with Gasteiger partial charge in [-0.15, -0.1) is 0 Å². The third-order valence-corrected chi connectivity index (χ3v) is 1.86. The number of hydrogen-bond donors (Lipinski definition) is 1. The second-order valence-electron chi connectivity index (χ2n) is 4.03. The van der Waals surface area contributed by atoms with E-state index in [4.69, 9.17) is 9.84 Å². The van der Waals surface area contributed by atoms with Crippen molar-refractivity contribution in [1.82, 2.24) is 0 Å². The van der Waals surface area contributed by atoms with Crippen molar-refractivity contribution in [2.24, 2.45) is 5.41 Å². The van der Waals surface area contributed by atoms with E-state index in [9.17, 15) is 0 Å². The minimum atomic E-state index is -0.0841. The van der Waals surface area contributed by atoms with Crippen LogP contribution in [0.2, 0.25) is 0 Å². The predicted octanol–water partition coefficient (Wildman–Crippen LogP) is 1.35. The number of rotatable bonds is 1. The molecule has 0 saturated carbocycles. The molecule has 0 unspecified atom stereocenters. The van der Waals surface area contributed by atoms with E-state index in [0.717, 1.165) is 0 Å². The molecule has 0 aliphatic carbocycles. The Morgan fingerprint density at radius 1 is 1.36 bits per heavy atom. The highest BCUT2D eigenvalue weighted by Gasteiger charge is 2.28. The van der Waals surface area contributed by atoms with Gasteiger partial charge in [0.25, 0.3) is 0 Å². The summed E-state index contributed by atoms with van der Waals surface area (Å²) in [7, 11) is 0. The first kappa shape index (κ1) is 8.75. The molecule has 64 valence electrons. The summed E-state index contributed by atoms with van der Waals surface area (Å²) in [5, 5.41) is 8.77. The molecule has 11 heavy (non-hydrogen) atoms. The number of aliphatic hydroxyl groups excluding tert-OH is 1. The summed E-state index contributed by atoms with van der Waals surface area (Å²) < 4.78 is 5.51. The summed E-state index contributed by atoms with van der Waals surface area (Å²) in [6.45, 7) is 6.47. The molecule has 1 heterocycles. The summed E-state index contributed by atoms with van der Waals surface area (Å²) in [5.41, 5.74) is 0.139. The van der Waals surface area contributed by atoms with E-state index >= 15 is 0 Å². The van der Waals surface area contributed by atoms with Crippen LogP contribution in [0.4, 0.5) is 0 Å². The normalized spacial score (nSPS) is 31.3. The van der Waals surface area contributed by atoms with Gasteiger partial charge in [-0.3, -0.25) is 0 Å². The zero-order valence-corrected chi connectivity index (χ0v) is 7.37. The Hall–Kier alpha value is -0.340. The lowest BCUT2D eigenvalue weighted by Gasteiger charge is -2.26. The maximum Gasteiger partial charge on any atom is 0.0995 e. The van der Waals surface area contributed by atoms with Gasteiger partial charge in [0.2, 0.25) is 0 Å². The van der Waals surface area contributed by atoms with Crippen LogP contribution in [0.25, 0.3) is 0 Å². The Morgan fingerprint density at radius 2 is 2.00 bits per heavy atom. The predicted molar refractivity (Wildman–Crippen MR) is 44.3 cm³/mol. The van der Waals surface area contributed by atoms with Gasteiger partial charge in [0.1, 0.15) is 0 Å². The SMILES string of the molecule is CC(C)(C)[C@H]1C=C[C@@H](CO)O1. The van der Waals surface area contributed by atoms with Gasteiger partial charge in [0.05, 0.1) is 18.8 Å². The average Bonchev–Trinajstić information content (AvgIpc) is 2.32. The van der Waals surface area contributed by atoms with Crippen molar-refractivity contribution in [2.75, 3.05) is 6.61 Å². The molecule has 0 saturated heterocycles. The van der Waals surface area contributed by atoms with E-state index in [1.165, 1.54) is 0 Å². The molecule has 0 radical (unpaired) electrons. The Balaban J connectivity index is 2.50. The van der Waals surface area contributed by atoms with Gasteiger partial charge < -0.3 is 9.84 Å². The zero-order chi connectivity index (χ0) is 8.48. The number of hydrogen-bond acceptors (Lipinski definition) is 2. The molecule has 1 N–H and O–H groups in total. The van der Waals surface area contributed by atoms with Crippen molar-refractivity contribution in [3.8, 4) is 0 Å². The van der Waals surface area contributed by atoms with Crippen molar-refractivity contribution < 1.29 is 9.84 Å². The number of ether oxygens (including phenoxy) is 1. The molecular formula is C9H16O2. The van der Waals surface area contributed by atoms with Crippen LogP contribution in [0, 0.1) is 5.41 Å². The van der Waals surface area contributed by atoms with E-state index in [1.807, 2.05) is 12.2 Å². The van der Waals surface area contributed by atoms with Crippen molar-refractivity contribution in [3.05, 3.63) is 12.2 Å². The third kappa shape index (κ3) is 2.04. The molecule has 1 aliphatic heterocycles. The van der Waals surface area contributed by atoms with Crippen LogP contribution in [0.15, 0.2) is 12.2 Å². The Kier molecular flexibility index (Phi) is 2.35. The van der Waals surface area contributed by atoms with Crippen LogP contribution < -0.4 is 0 Å². The zero-order valence-electron chi connectivity index (χ0n) is 7.37. The largest absolute Gasteiger partial charge is 0.393 e. The first-order chi connectivity index (χ1) is 5.04. The van der Waals surface area contributed by atoms with Crippen LogP contribution in [0.1, 0.15) is 20.8 Å². The summed E-state index contributed by atoms with van der Waals surface area (Å²) in [6.07, 6.45) is 4.02. The van der Waals surface area contributed by atoms with Gasteiger partial charge >= 0.3 is 0 Å². The van der Waals surface area contributed by atoms with Crippen LogP contribution >= 0.6 is 0 Å². The minimum absolute atomic E-state index is 0.0841. The molecule has 0 aromatic heterocycles. The average molecular weight is 156 g/mol. The lowest BCUT2D eigenvalue weighted by atomic mass is 9.89. The third-order valence-electron chi connectivity index (χ3n) is 1.86. The van der Waals surface area contributed by atoms with Gasteiger partial charge in [-0.05, 0) is 5.41 Å². The van der Waals surface area contributed by atoms with Crippen molar-refractivity contribution in [1.29, 1.82) is 0 Å². The second kappa shape index (κ2) is 2.95. The summed E-state index contributed by atoms with van der Waals surface area (Å²) in [6, 6.07) is 0. The quantitative estimate of drug-likeness (QED) is 0.581. The van der Waals surface area contributed by atoms with Gasteiger partial charge in [-0.25, -0.2) is 0 Å². The summed E-state index contributed by atoms with van der Waals surface area (Å²) in [5.74, 6) is 0. The van der Waals surface area contributed by atoms with Crippen LogP contribution in [-0.4, -0.2) is 23.9 Å². The smallest absolute Gasteiger partial charge is 0.0995 e. The van der Waals surface area contributed by atoms with E-state index in [0.29, 0.717) is 0 Å². The highest BCUT2D eigenvalue weighted by atomic mass is 16.5. The van der Waals surface area contributed by atoms with E-state index in [-0.39, 0.29) is 24.2 Å². The molecule has 0 spiro atoms. The van der Waals surface area contributed by atoms with E-state index < -0.39 is 0 Å². The highest BCUT2D eigenvalue weighted by molar-refractivity contribution is 5.05. The van der Waals surface area contributed by atoms with E-state index in [2.05, 4.69) is 20.8 Å². The molecule has 0 bridgehead atoms. The monoisotopic (exact) mass is 156 g/mol. The fourth-order valence-electron chi connectivity index (χ4n) is 1.10. The molecule has 2 nitrogen and oxygen atoms in total. The first-order valence-electron chi connectivity index (χ1n) is 3.98. The molecule has 1 rings (SSSR count). The highest BCUT2D eigenvalue weighted by Crippen LogP contribution is 2.28. The van der Waals surface area contributed by atoms with Crippen LogP contribution in [0.5, 0.6) is 0 Å². The molecule has 0 fully saturated rings. The van der Waals surface area contributed by atoms with Gasteiger partial charge in [-0.2, -0.15) is 0 Å². The van der Waals surface area contributed by atoms with Crippen molar-refractivity contribution >= 4 is 0 Å². The lowest BCUT2D eigenvalue weighted by Crippen LogP contribution is -2.27. The molecule has 0 aromatic carbocycles. The Labute approximate surface area is 67.9 Å². The summed E-state index contributed by atoms with van der Waals surface area (Å²) >= 11 is 0. The topological polar surface area (TPSA) is 29.5 Å². The molecule has 2 atom stereocenters. The molecule has 0 aromatic rings. The second-order valence-corrected chi connectivity index (χ2v) is 4.03.